The van der Waals surface area contributed by atoms with E-state index in [0.29, 0.717) is 12.5 Å². The van der Waals surface area contributed by atoms with Gasteiger partial charge in [-0.1, -0.05) is 28.4 Å². The van der Waals surface area contributed by atoms with Crippen LogP contribution in [0.3, 0.4) is 0 Å². The van der Waals surface area contributed by atoms with Gasteiger partial charge in [-0.15, -0.1) is 0 Å². The Bertz CT molecular complexity index is 1100. The van der Waals surface area contributed by atoms with Gasteiger partial charge in [0.05, 0.1) is 28.7 Å². The van der Waals surface area contributed by atoms with Gasteiger partial charge in [0.1, 0.15) is 5.82 Å². The van der Waals surface area contributed by atoms with E-state index in [4.69, 9.17) is 0 Å². The first-order valence-corrected chi connectivity index (χ1v) is 10.8. The summed E-state index contributed by atoms with van der Waals surface area (Å²) in [5, 5.41) is 12.0. The van der Waals surface area contributed by atoms with E-state index in [1.807, 2.05) is 0 Å². The summed E-state index contributed by atoms with van der Waals surface area (Å²) in [7, 11) is 0. The molecule has 0 saturated heterocycles. The number of hydrogen-bond acceptors (Lipinski definition) is 2. The van der Waals surface area contributed by atoms with Crippen LogP contribution in [-0.4, -0.2) is 17.0 Å². The van der Waals surface area contributed by atoms with Crippen LogP contribution < -0.4 is 5.32 Å². The largest absolute Gasteiger partial charge is 0.481 e. The molecular formula is C22H17BrF7NO3. The predicted molar refractivity (Wildman–Crippen MR) is 110 cm³/mol. The smallest absolute Gasteiger partial charge is 0.417 e. The van der Waals surface area contributed by atoms with Crippen molar-refractivity contribution in [2.45, 2.75) is 37.5 Å². The molecule has 1 fully saturated rings. The van der Waals surface area contributed by atoms with Crippen molar-refractivity contribution in [3.05, 3.63) is 63.4 Å². The van der Waals surface area contributed by atoms with Crippen LogP contribution in [0.5, 0.6) is 0 Å². The molecule has 12 heteroatoms. The first kappa shape index (κ1) is 26.0. The minimum atomic E-state index is -4.79. The normalized spacial score (nSPS) is 21.2. The number of anilines is 1. The molecule has 0 aliphatic heterocycles. The Kier molecular flexibility index (Phi) is 7.30. The summed E-state index contributed by atoms with van der Waals surface area (Å²) in [5.74, 6) is -6.93. The van der Waals surface area contributed by atoms with Crippen molar-refractivity contribution < 1.29 is 45.4 Å². The van der Waals surface area contributed by atoms with Crippen LogP contribution in [0.4, 0.5) is 36.4 Å². The van der Waals surface area contributed by atoms with E-state index in [1.165, 1.54) is 6.07 Å². The zero-order valence-electron chi connectivity index (χ0n) is 17.1. The van der Waals surface area contributed by atoms with E-state index in [2.05, 4.69) is 21.2 Å². The van der Waals surface area contributed by atoms with Gasteiger partial charge in [-0.25, -0.2) is 4.39 Å². The number of hydrogen-bond donors (Lipinski definition) is 2. The molecule has 3 atom stereocenters. The maximum atomic E-state index is 14.2. The molecule has 0 spiro atoms. The van der Waals surface area contributed by atoms with Crippen LogP contribution >= 0.6 is 15.9 Å². The highest BCUT2D eigenvalue weighted by atomic mass is 79.9. The number of aliphatic carboxylic acids is 1. The van der Waals surface area contributed by atoms with Crippen molar-refractivity contribution in [3.8, 4) is 0 Å². The number of carboxylic acids is 1. The van der Waals surface area contributed by atoms with Gasteiger partial charge in [0.2, 0.25) is 5.91 Å². The topological polar surface area (TPSA) is 66.4 Å². The average Bonchev–Trinajstić information content (AvgIpc) is 2.72. The molecule has 0 aromatic heterocycles. The highest BCUT2D eigenvalue weighted by molar-refractivity contribution is 9.10. The van der Waals surface area contributed by atoms with Gasteiger partial charge in [-0.05, 0) is 54.7 Å². The monoisotopic (exact) mass is 555 g/mol. The number of rotatable bonds is 4. The Morgan fingerprint density at radius 3 is 2.18 bits per heavy atom. The quantitative estimate of drug-likeness (QED) is 0.405. The molecule has 1 saturated carbocycles. The molecule has 0 unspecified atom stereocenters. The fraction of sp³-hybridized carbons (Fsp3) is 0.364. The third kappa shape index (κ3) is 5.53. The molecule has 1 aliphatic carbocycles. The summed E-state index contributed by atoms with van der Waals surface area (Å²) in [6.45, 7) is 0. The summed E-state index contributed by atoms with van der Waals surface area (Å²) < 4.78 is 91.2. The Hall–Kier alpha value is -2.63. The van der Waals surface area contributed by atoms with Crippen LogP contribution in [0, 0.1) is 17.7 Å². The molecule has 4 nitrogen and oxygen atoms in total. The Morgan fingerprint density at radius 2 is 1.65 bits per heavy atom. The second kappa shape index (κ2) is 9.55. The maximum absolute atomic E-state index is 14.2. The third-order valence-electron chi connectivity index (χ3n) is 5.80. The fourth-order valence-electron chi connectivity index (χ4n) is 4.22. The summed E-state index contributed by atoms with van der Waals surface area (Å²) >= 11 is 2.85. The lowest BCUT2D eigenvalue weighted by atomic mass is 9.69. The molecule has 2 aromatic rings. The summed E-state index contributed by atoms with van der Waals surface area (Å²) in [6.07, 6.45) is -8.66. The number of halogens is 8. The van der Waals surface area contributed by atoms with Gasteiger partial charge in [-0.3, -0.25) is 9.59 Å². The SMILES string of the molecule is O=C(O)[C@@H]1[C@@H](c2ccc(C(F)(F)F)c(Br)c2)CCC[C@H]1C(=O)Nc1ccc(C(F)(F)F)cc1F. The lowest BCUT2D eigenvalue weighted by Gasteiger charge is -2.35. The average molecular weight is 556 g/mol. The predicted octanol–water partition coefficient (Wildman–Crippen LogP) is 6.85. The molecule has 1 aliphatic rings. The number of carbonyl (C=O) groups excluding carboxylic acids is 1. The summed E-state index contributed by atoms with van der Waals surface area (Å²) in [4.78, 5) is 24.9. The van der Waals surface area contributed by atoms with Crippen molar-refractivity contribution in [1.82, 2.24) is 0 Å². The van der Waals surface area contributed by atoms with E-state index < -0.39 is 64.6 Å². The van der Waals surface area contributed by atoms with Crippen molar-refractivity contribution in [2.75, 3.05) is 5.32 Å². The maximum Gasteiger partial charge on any atom is 0.417 e. The highest BCUT2D eigenvalue weighted by Crippen LogP contribution is 2.44. The Labute approximate surface area is 197 Å². The van der Waals surface area contributed by atoms with E-state index >= 15 is 0 Å². The van der Waals surface area contributed by atoms with Gasteiger partial charge in [0.15, 0.2) is 0 Å². The Morgan fingerprint density at radius 1 is 0.971 bits per heavy atom. The minimum Gasteiger partial charge on any atom is -0.481 e. The lowest BCUT2D eigenvalue weighted by Crippen LogP contribution is -2.40. The minimum absolute atomic E-state index is 0.101. The van der Waals surface area contributed by atoms with E-state index in [0.717, 1.165) is 18.2 Å². The first-order chi connectivity index (χ1) is 15.7. The number of carbonyl (C=O) groups is 2. The standard InChI is InChI=1S/C22H17BrF7NO3/c23-15-8-10(4-6-14(15)22(28,29)30)12-2-1-3-13(18(12)20(33)34)19(32)31-17-7-5-11(9-16(17)24)21(25,26)27/h4-9,12-13,18H,1-3H2,(H,31,32)(H,33,34)/t12-,13-,18-/m1/s1. The highest BCUT2D eigenvalue weighted by Gasteiger charge is 2.43. The Balaban J connectivity index is 1.87. The third-order valence-corrected chi connectivity index (χ3v) is 6.46. The fourth-order valence-corrected chi connectivity index (χ4v) is 4.84. The first-order valence-electron chi connectivity index (χ1n) is 9.97. The van der Waals surface area contributed by atoms with Crippen LogP contribution in [0.25, 0.3) is 0 Å². The second-order valence-electron chi connectivity index (χ2n) is 7.93. The van der Waals surface area contributed by atoms with Crippen LogP contribution in [-0.2, 0) is 21.9 Å². The van der Waals surface area contributed by atoms with E-state index in [9.17, 15) is 45.4 Å². The van der Waals surface area contributed by atoms with Gasteiger partial charge >= 0.3 is 18.3 Å². The zero-order valence-corrected chi connectivity index (χ0v) is 18.7. The molecule has 184 valence electrons. The van der Waals surface area contributed by atoms with E-state index in [1.54, 1.807) is 0 Å². The zero-order chi connectivity index (χ0) is 25.4. The number of alkyl halides is 6. The van der Waals surface area contributed by atoms with Crippen LogP contribution in [0.2, 0.25) is 0 Å². The molecular weight excluding hydrogens is 539 g/mol. The van der Waals surface area contributed by atoms with Crippen molar-refractivity contribution in [1.29, 1.82) is 0 Å². The number of amides is 1. The number of benzene rings is 2. The van der Waals surface area contributed by atoms with Gasteiger partial charge in [0, 0.05) is 4.47 Å². The van der Waals surface area contributed by atoms with Gasteiger partial charge in [0.25, 0.3) is 0 Å². The molecule has 0 bridgehead atoms. The van der Waals surface area contributed by atoms with Crippen molar-refractivity contribution in [3.63, 3.8) is 0 Å². The summed E-state index contributed by atoms with van der Waals surface area (Å²) in [6, 6.07) is 4.67. The number of nitrogens with one attached hydrogen (secondary N) is 1. The van der Waals surface area contributed by atoms with Gasteiger partial charge < -0.3 is 10.4 Å². The molecule has 2 aromatic carbocycles. The molecule has 3 rings (SSSR count). The van der Waals surface area contributed by atoms with Gasteiger partial charge in [-0.2, -0.15) is 26.3 Å². The molecule has 34 heavy (non-hydrogen) atoms. The summed E-state index contributed by atoms with van der Waals surface area (Å²) in [5.41, 5.74) is -2.45. The molecule has 0 heterocycles. The van der Waals surface area contributed by atoms with Crippen LogP contribution in [0.1, 0.15) is 41.9 Å². The van der Waals surface area contributed by atoms with Crippen LogP contribution in [0.15, 0.2) is 40.9 Å². The lowest BCUT2D eigenvalue weighted by molar-refractivity contribution is -0.149. The van der Waals surface area contributed by atoms with E-state index in [-0.39, 0.29) is 28.9 Å². The molecule has 0 radical (unpaired) electrons. The molecule has 1 amide bonds. The molecule has 2 N–H and O–H groups in total. The number of carboxylic acid groups (broad SMARTS) is 1. The second-order valence-corrected chi connectivity index (χ2v) is 8.78. The van der Waals surface area contributed by atoms with Crippen molar-refractivity contribution in [2.24, 2.45) is 11.8 Å². The van der Waals surface area contributed by atoms with Crippen molar-refractivity contribution >= 4 is 33.5 Å².